The number of hydrogen-bond donors (Lipinski definition) is 0. The highest BCUT2D eigenvalue weighted by Crippen LogP contribution is 2.41. The second-order valence-electron chi connectivity index (χ2n) is 5.74. The topological polar surface area (TPSA) is 61.3 Å². The number of esters is 1. The number of aromatic nitrogens is 2. The summed E-state index contributed by atoms with van der Waals surface area (Å²) in [4.78, 5) is 20.4. The van der Waals surface area contributed by atoms with Gasteiger partial charge in [0.05, 0.1) is 18.4 Å². The van der Waals surface area contributed by atoms with Gasteiger partial charge in [-0.2, -0.15) is 18.2 Å². The highest BCUT2D eigenvalue weighted by molar-refractivity contribution is 7.98. The quantitative estimate of drug-likeness (QED) is 0.442. The summed E-state index contributed by atoms with van der Waals surface area (Å²) in [5.41, 5.74) is -0.868. The molecule has 0 atom stereocenters. The lowest BCUT2D eigenvalue weighted by atomic mass is 10.1. The van der Waals surface area contributed by atoms with E-state index in [1.54, 1.807) is 6.26 Å². The van der Waals surface area contributed by atoms with Crippen LogP contribution in [-0.2, 0) is 15.7 Å². The molecule has 1 fully saturated rings. The van der Waals surface area contributed by atoms with E-state index in [0.29, 0.717) is 29.3 Å². The lowest BCUT2D eigenvalue weighted by molar-refractivity contribution is -0.151. The molecule has 1 aromatic heterocycles. The number of halogens is 3. The molecule has 3 rings (SSSR count). The molecule has 1 aliphatic carbocycles. The molecule has 1 aromatic carbocycles. The van der Waals surface area contributed by atoms with E-state index in [9.17, 15) is 18.0 Å². The van der Waals surface area contributed by atoms with Crippen LogP contribution in [0.4, 0.5) is 13.2 Å². The number of hydrogen-bond acceptors (Lipinski definition) is 6. The van der Waals surface area contributed by atoms with E-state index in [1.165, 1.54) is 37.1 Å². The van der Waals surface area contributed by atoms with Gasteiger partial charge in [0, 0.05) is 24.5 Å². The molecule has 0 amide bonds. The molecular formula is C17H15F3N2O3S. The number of rotatable bonds is 5. The van der Waals surface area contributed by atoms with Crippen LogP contribution in [0.15, 0.2) is 35.5 Å². The van der Waals surface area contributed by atoms with Crippen molar-refractivity contribution in [2.75, 3.05) is 13.4 Å². The van der Waals surface area contributed by atoms with Crippen LogP contribution in [0.2, 0.25) is 0 Å². The molecule has 1 heterocycles. The Balaban J connectivity index is 1.92. The van der Waals surface area contributed by atoms with Gasteiger partial charge >= 0.3 is 12.1 Å². The average Bonchev–Trinajstić information content (AvgIpc) is 3.40. The number of benzene rings is 1. The van der Waals surface area contributed by atoms with Crippen LogP contribution in [0.3, 0.4) is 0 Å². The van der Waals surface area contributed by atoms with E-state index in [-0.39, 0.29) is 5.88 Å². The van der Waals surface area contributed by atoms with E-state index >= 15 is 0 Å². The van der Waals surface area contributed by atoms with Gasteiger partial charge in [-0.15, -0.1) is 0 Å². The summed E-state index contributed by atoms with van der Waals surface area (Å²) in [7, 11) is 1.28. The van der Waals surface area contributed by atoms with Crippen LogP contribution in [-0.4, -0.2) is 34.9 Å². The third-order valence-corrected chi connectivity index (χ3v) is 4.48. The first-order valence-electron chi connectivity index (χ1n) is 7.65. The maximum atomic E-state index is 12.7. The molecule has 0 N–H and O–H groups in total. The number of nitrogens with zero attached hydrogens (tertiary/aromatic N) is 2. The summed E-state index contributed by atoms with van der Waals surface area (Å²) >= 11 is 1.26. The molecule has 0 aliphatic heterocycles. The fourth-order valence-corrected chi connectivity index (χ4v) is 2.74. The van der Waals surface area contributed by atoms with E-state index in [4.69, 9.17) is 9.47 Å². The van der Waals surface area contributed by atoms with Crippen molar-refractivity contribution < 1.29 is 27.4 Å². The Morgan fingerprint density at radius 2 is 1.85 bits per heavy atom. The molecule has 9 heteroatoms. The molecule has 0 unspecified atom stereocenters. The fourth-order valence-electron chi connectivity index (χ4n) is 2.37. The van der Waals surface area contributed by atoms with Gasteiger partial charge in [-0.3, -0.25) is 0 Å². The van der Waals surface area contributed by atoms with E-state index in [1.807, 2.05) is 0 Å². The molecule has 0 saturated heterocycles. The minimum absolute atomic E-state index is 0.183. The van der Waals surface area contributed by atoms with Crippen molar-refractivity contribution in [3.05, 3.63) is 35.9 Å². The Labute approximate surface area is 151 Å². The monoisotopic (exact) mass is 384 g/mol. The molecule has 138 valence electrons. The van der Waals surface area contributed by atoms with Crippen LogP contribution in [0.1, 0.15) is 18.4 Å². The number of thioether (sulfide) groups is 1. The third kappa shape index (κ3) is 3.77. The van der Waals surface area contributed by atoms with Crippen molar-refractivity contribution in [3.8, 4) is 17.1 Å². The first-order valence-corrected chi connectivity index (χ1v) is 8.88. The Kier molecular flexibility index (Phi) is 4.83. The molecule has 1 saturated carbocycles. The second kappa shape index (κ2) is 6.79. The zero-order valence-electron chi connectivity index (χ0n) is 14.0. The van der Waals surface area contributed by atoms with Gasteiger partial charge in [-0.25, -0.2) is 9.78 Å². The van der Waals surface area contributed by atoms with E-state index in [0.717, 1.165) is 12.1 Å². The fraction of sp³-hybridized carbons (Fsp3) is 0.353. The molecule has 1 aliphatic rings. The first-order chi connectivity index (χ1) is 12.3. The molecule has 2 aromatic rings. The number of methoxy groups -OCH3 is 1. The second-order valence-corrected chi connectivity index (χ2v) is 6.51. The zero-order valence-corrected chi connectivity index (χ0v) is 14.8. The summed E-state index contributed by atoms with van der Waals surface area (Å²) in [6.45, 7) is 0. The smallest absolute Gasteiger partial charge is 0.416 e. The molecule has 0 radical (unpaired) electrons. The minimum Gasteiger partial charge on any atom is -0.466 e. The normalized spacial score (nSPS) is 15.4. The zero-order chi connectivity index (χ0) is 18.9. The summed E-state index contributed by atoms with van der Waals surface area (Å²) in [6, 6.07) is 6.17. The van der Waals surface area contributed by atoms with Crippen molar-refractivity contribution in [2.24, 2.45) is 0 Å². The largest absolute Gasteiger partial charge is 0.466 e. The summed E-state index contributed by atoms with van der Waals surface area (Å²) in [5, 5.41) is 0.387. The summed E-state index contributed by atoms with van der Waals surface area (Å²) < 4.78 is 48.6. The van der Waals surface area contributed by atoms with E-state index < -0.39 is 23.3 Å². The molecule has 26 heavy (non-hydrogen) atoms. The standard InChI is InChI=1S/C17H15F3N2O3S/c1-24-14(23)16(7-8-16)25-13-9-12(21-15(22-13)26-2)10-3-5-11(6-4-10)17(18,19)20/h3-6,9H,7-8H2,1-2H3. The predicted molar refractivity (Wildman–Crippen MR) is 88.9 cm³/mol. The maximum Gasteiger partial charge on any atom is 0.416 e. The number of alkyl halides is 3. The van der Waals surface area contributed by atoms with Crippen molar-refractivity contribution in [1.82, 2.24) is 9.97 Å². The molecule has 0 bridgehead atoms. The number of ether oxygens (including phenoxy) is 2. The first kappa shape index (κ1) is 18.5. The number of carbonyl (C=O) groups is 1. The Morgan fingerprint density at radius 1 is 1.19 bits per heavy atom. The van der Waals surface area contributed by atoms with Crippen LogP contribution >= 0.6 is 11.8 Å². The Hall–Kier alpha value is -2.29. The number of carbonyl (C=O) groups excluding carboxylic acids is 1. The van der Waals surface area contributed by atoms with Crippen molar-refractivity contribution in [1.29, 1.82) is 0 Å². The highest BCUT2D eigenvalue weighted by atomic mass is 32.2. The lowest BCUT2D eigenvalue weighted by Crippen LogP contribution is -2.31. The van der Waals surface area contributed by atoms with Crippen LogP contribution in [0.25, 0.3) is 11.3 Å². The van der Waals surface area contributed by atoms with Crippen molar-refractivity contribution in [2.45, 2.75) is 29.8 Å². The van der Waals surface area contributed by atoms with Crippen LogP contribution < -0.4 is 4.74 Å². The van der Waals surface area contributed by atoms with Gasteiger partial charge in [-0.05, 0) is 18.4 Å². The van der Waals surface area contributed by atoms with Gasteiger partial charge in [0.15, 0.2) is 5.16 Å². The van der Waals surface area contributed by atoms with Gasteiger partial charge in [0.2, 0.25) is 11.5 Å². The van der Waals surface area contributed by atoms with Crippen molar-refractivity contribution >= 4 is 17.7 Å². The predicted octanol–water partition coefficient (Wildman–Crippen LogP) is 3.97. The Morgan fingerprint density at radius 3 is 2.35 bits per heavy atom. The summed E-state index contributed by atoms with van der Waals surface area (Å²) in [6.07, 6.45) is -1.59. The Bertz CT molecular complexity index is 821. The van der Waals surface area contributed by atoms with Gasteiger partial charge in [0.1, 0.15) is 0 Å². The maximum absolute atomic E-state index is 12.7. The van der Waals surface area contributed by atoms with Crippen LogP contribution in [0.5, 0.6) is 5.88 Å². The SMILES string of the molecule is COC(=O)C1(Oc2cc(-c3ccc(C(F)(F)F)cc3)nc(SC)n2)CC1. The van der Waals surface area contributed by atoms with Crippen LogP contribution in [0, 0.1) is 0 Å². The molecule has 0 spiro atoms. The summed E-state index contributed by atoms with van der Waals surface area (Å²) in [5.74, 6) is -0.292. The van der Waals surface area contributed by atoms with Crippen molar-refractivity contribution in [3.63, 3.8) is 0 Å². The lowest BCUT2D eigenvalue weighted by Gasteiger charge is -2.16. The van der Waals surface area contributed by atoms with E-state index in [2.05, 4.69) is 9.97 Å². The van der Waals surface area contributed by atoms with Gasteiger partial charge < -0.3 is 9.47 Å². The van der Waals surface area contributed by atoms with Gasteiger partial charge in [-0.1, -0.05) is 23.9 Å². The molecular weight excluding hydrogens is 369 g/mol. The van der Waals surface area contributed by atoms with Gasteiger partial charge in [0.25, 0.3) is 0 Å². The highest BCUT2D eigenvalue weighted by Gasteiger charge is 2.54. The molecule has 5 nitrogen and oxygen atoms in total. The third-order valence-electron chi connectivity index (χ3n) is 3.93. The average molecular weight is 384 g/mol. The minimum atomic E-state index is -4.40.